The molecule has 2 aliphatic heterocycles. The molecule has 0 unspecified atom stereocenters. The molecule has 1 fully saturated rings. The maximum atomic E-state index is 12.7. The Labute approximate surface area is 183 Å². The highest BCUT2D eigenvalue weighted by Crippen LogP contribution is 2.36. The molecule has 5 rings (SSSR count). The number of carbonyl (C=O) groups excluding carboxylic acids is 2. The van der Waals surface area contributed by atoms with Gasteiger partial charge in [-0.05, 0) is 65.4 Å². The van der Waals surface area contributed by atoms with E-state index in [1.165, 1.54) is 4.90 Å². The molecule has 0 spiro atoms. The summed E-state index contributed by atoms with van der Waals surface area (Å²) in [6.45, 7) is 0.637. The third-order valence-corrected chi connectivity index (χ3v) is 5.70. The monoisotopic (exact) mass is 431 g/mol. The second-order valence-electron chi connectivity index (χ2n) is 6.90. The molecule has 2 heterocycles. The second kappa shape index (κ2) is 8.20. The molecular formula is C24H17NO5S. The van der Waals surface area contributed by atoms with Crippen molar-refractivity contribution in [2.45, 2.75) is 6.61 Å². The molecule has 154 valence electrons. The number of hydrogen-bond donors (Lipinski definition) is 0. The zero-order valence-corrected chi connectivity index (χ0v) is 17.1. The maximum absolute atomic E-state index is 12.7. The first kappa shape index (κ1) is 19.3. The number of anilines is 1. The third-order valence-electron chi connectivity index (χ3n) is 4.83. The van der Waals surface area contributed by atoms with Crippen molar-refractivity contribution >= 4 is 34.7 Å². The van der Waals surface area contributed by atoms with Gasteiger partial charge in [0.1, 0.15) is 12.4 Å². The molecule has 0 N–H and O–H groups in total. The van der Waals surface area contributed by atoms with Gasteiger partial charge in [-0.15, -0.1) is 0 Å². The number of nitrogens with zero attached hydrogens (tertiary/aromatic N) is 1. The number of rotatable bonds is 5. The SMILES string of the molecule is O=C1S/C(=C\c2ccc(OCc3ccc4c(c3)OCO4)cc2)C(=O)N1c1ccccc1. The number of ether oxygens (including phenoxy) is 3. The highest BCUT2D eigenvalue weighted by Gasteiger charge is 2.36. The Hall–Kier alpha value is -3.71. The van der Waals surface area contributed by atoms with Crippen LogP contribution in [0.3, 0.4) is 0 Å². The molecule has 0 radical (unpaired) electrons. The Morgan fingerprint density at radius 1 is 0.935 bits per heavy atom. The van der Waals surface area contributed by atoms with Crippen LogP contribution in [0.25, 0.3) is 6.08 Å². The summed E-state index contributed by atoms with van der Waals surface area (Å²) in [7, 11) is 0. The highest BCUT2D eigenvalue weighted by molar-refractivity contribution is 8.19. The van der Waals surface area contributed by atoms with E-state index >= 15 is 0 Å². The van der Waals surface area contributed by atoms with Gasteiger partial charge in [-0.25, -0.2) is 4.90 Å². The average molecular weight is 431 g/mol. The molecule has 3 aromatic carbocycles. The fourth-order valence-corrected chi connectivity index (χ4v) is 4.12. The lowest BCUT2D eigenvalue weighted by Gasteiger charge is -2.11. The number of para-hydroxylation sites is 1. The minimum absolute atomic E-state index is 0.242. The largest absolute Gasteiger partial charge is 0.489 e. The Bertz CT molecular complexity index is 1170. The third kappa shape index (κ3) is 4.00. The number of imide groups is 1. The summed E-state index contributed by atoms with van der Waals surface area (Å²) in [5.41, 5.74) is 2.36. The smallest absolute Gasteiger partial charge is 0.298 e. The summed E-state index contributed by atoms with van der Waals surface area (Å²) in [5.74, 6) is 1.85. The number of amides is 2. The first-order chi connectivity index (χ1) is 15.2. The number of thioether (sulfide) groups is 1. The minimum Gasteiger partial charge on any atom is -0.489 e. The molecule has 0 bridgehead atoms. The summed E-state index contributed by atoms with van der Waals surface area (Å²) in [6.07, 6.45) is 1.72. The van der Waals surface area contributed by atoms with Crippen molar-refractivity contribution in [2.75, 3.05) is 11.7 Å². The van der Waals surface area contributed by atoms with Crippen LogP contribution in [0.4, 0.5) is 10.5 Å². The van der Waals surface area contributed by atoms with E-state index in [4.69, 9.17) is 14.2 Å². The summed E-state index contributed by atoms with van der Waals surface area (Å²) in [5, 5.41) is -0.300. The molecule has 0 aliphatic carbocycles. The quantitative estimate of drug-likeness (QED) is 0.515. The van der Waals surface area contributed by atoms with Gasteiger partial charge in [0.15, 0.2) is 11.5 Å². The standard InChI is InChI=1S/C24H17NO5S/c26-23-22(31-24(27)25(23)18-4-2-1-3-5-18)13-16-6-9-19(10-7-16)28-14-17-8-11-20-21(12-17)30-15-29-20/h1-13H,14-15H2/b22-13-. The van der Waals surface area contributed by atoms with Crippen LogP contribution in [0.5, 0.6) is 17.2 Å². The van der Waals surface area contributed by atoms with E-state index in [1.807, 2.05) is 48.5 Å². The molecule has 0 atom stereocenters. The molecule has 0 saturated carbocycles. The molecule has 1 saturated heterocycles. The van der Waals surface area contributed by atoms with E-state index in [-0.39, 0.29) is 17.9 Å². The molecule has 0 aromatic heterocycles. The first-order valence-electron chi connectivity index (χ1n) is 9.62. The van der Waals surface area contributed by atoms with Crippen LogP contribution >= 0.6 is 11.8 Å². The summed E-state index contributed by atoms with van der Waals surface area (Å²) >= 11 is 0.938. The van der Waals surface area contributed by atoms with Crippen LogP contribution in [-0.4, -0.2) is 17.9 Å². The fraction of sp³-hybridized carbons (Fsp3) is 0.0833. The normalized spacial score (nSPS) is 16.3. The first-order valence-corrected chi connectivity index (χ1v) is 10.4. The molecule has 6 nitrogen and oxygen atoms in total. The van der Waals surface area contributed by atoms with Gasteiger partial charge in [0, 0.05) is 0 Å². The highest BCUT2D eigenvalue weighted by atomic mass is 32.2. The molecule has 31 heavy (non-hydrogen) atoms. The predicted molar refractivity (Wildman–Crippen MR) is 118 cm³/mol. The molecular weight excluding hydrogens is 414 g/mol. The van der Waals surface area contributed by atoms with E-state index in [2.05, 4.69) is 0 Å². The van der Waals surface area contributed by atoms with E-state index < -0.39 is 0 Å². The van der Waals surface area contributed by atoms with E-state index in [0.717, 1.165) is 34.4 Å². The van der Waals surface area contributed by atoms with Crippen LogP contribution in [-0.2, 0) is 11.4 Å². The molecule has 2 amide bonds. The van der Waals surface area contributed by atoms with E-state index in [1.54, 1.807) is 30.3 Å². The van der Waals surface area contributed by atoms with Crippen molar-refractivity contribution in [1.82, 2.24) is 0 Å². The fourth-order valence-electron chi connectivity index (χ4n) is 3.28. The predicted octanol–water partition coefficient (Wildman–Crippen LogP) is 5.24. The minimum atomic E-state index is -0.315. The zero-order valence-electron chi connectivity index (χ0n) is 16.3. The zero-order chi connectivity index (χ0) is 21.2. The summed E-state index contributed by atoms with van der Waals surface area (Å²) < 4.78 is 16.5. The number of hydrogen-bond acceptors (Lipinski definition) is 6. The van der Waals surface area contributed by atoms with Crippen LogP contribution in [0.15, 0.2) is 77.7 Å². The Balaban J connectivity index is 1.25. The Kier molecular flexibility index (Phi) is 5.09. The van der Waals surface area contributed by atoms with Crippen molar-refractivity contribution in [3.8, 4) is 17.2 Å². The van der Waals surface area contributed by atoms with Gasteiger partial charge in [0.05, 0.1) is 10.6 Å². The van der Waals surface area contributed by atoms with E-state index in [0.29, 0.717) is 22.9 Å². The van der Waals surface area contributed by atoms with Gasteiger partial charge < -0.3 is 14.2 Å². The second-order valence-corrected chi connectivity index (χ2v) is 7.89. The molecule has 3 aromatic rings. The van der Waals surface area contributed by atoms with Gasteiger partial charge in [-0.3, -0.25) is 9.59 Å². The lowest BCUT2D eigenvalue weighted by Crippen LogP contribution is -2.27. The lowest BCUT2D eigenvalue weighted by atomic mass is 10.2. The van der Waals surface area contributed by atoms with Crippen LogP contribution in [0.1, 0.15) is 11.1 Å². The Morgan fingerprint density at radius 3 is 2.52 bits per heavy atom. The molecule has 7 heteroatoms. The van der Waals surface area contributed by atoms with Gasteiger partial charge >= 0.3 is 0 Å². The number of benzene rings is 3. The number of carbonyl (C=O) groups is 2. The van der Waals surface area contributed by atoms with Gasteiger partial charge in [-0.1, -0.05) is 36.4 Å². The molecule has 2 aliphatic rings. The lowest BCUT2D eigenvalue weighted by molar-refractivity contribution is -0.113. The van der Waals surface area contributed by atoms with Crippen LogP contribution in [0.2, 0.25) is 0 Å². The van der Waals surface area contributed by atoms with Crippen molar-refractivity contribution in [3.05, 3.63) is 88.8 Å². The summed E-state index contributed by atoms with van der Waals surface area (Å²) in [4.78, 5) is 26.6. The topological polar surface area (TPSA) is 65.1 Å². The van der Waals surface area contributed by atoms with Crippen molar-refractivity contribution in [3.63, 3.8) is 0 Å². The van der Waals surface area contributed by atoms with Gasteiger partial charge in [0.25, 0.3) is 11.1 Å². The van der Waals surface area contributed by atoms with Crippen LogP contribution in [0, 0.1) is 0 Å². The van der Waals surface area contributed by atoms with Crippen molar-refractivity contribution in [1.29, 1.82) is 0 Å². The summed E-state index contributed by atoms with van der Waals surface area (Å²) in [6, 6.07) is 22.0. The number of fused-ring (bicyclic) bond motifs is 1. The van der Waals surface area contributed by atoms with Crippen molar-refractivity contribution in [2.24, 2.45) is 0 Å². The average Bonchev–Trinajstić information content (AvgIpc) is 3.37. The van der Waals surface area contributed by atoms with Gasteiger partial charge in [0.2, 0.25) is 6.79 Å². The van der Waals surface area contributed by atoms with Crippen molar-refractivity contribution < 1.29 is 23.8 Å². The van der Waals surface area contributed by atoms with Gasteiger partial charge in [-0.2, -0.15) is 0 Å². The van der Waals surface area contributed by atoms with Crippen LogP contribution < -0.4 is 19.1 Å². The maximum Gasteiger partial charge on any atom is 0.298 e. The van der Waals surface area contributed by atoms with E-state index in [9.17, 15) is 9.59 Å². The Morgan fingerprint density at radius 2 is 1.71 bits per heavy atom.